The summed E-state index contributed by atoms with van der Waals surface area (Å²) in [5, 5.41) is 0.612. The summed E-state index contributed by atoms with van der Waals surface area (Å²) >= 11 is 1.25. The molecule has 2 aromatic heterocycles. The number of fused-ring (bicyclic) bond motifs is 1. The maximum absolute atomic E-state index is 13.3. The lowest BCUT2D eigenvalue weighted by Crippen LogP contribution is -2.42. The lowest BCUT2D eigenvalue weighted by Gasteiger charge is -2.24. The predicted molar refractivity (Wildman–Crippen MR) is 135 cm³/mol. The highest BCUT2D eigenvalue weighted by Gasteiger charge is 2.24. The molecule has 0 spiro atoms. The number of unbranched alkanes of at least 4 members (excludes halogenated alkanes) is 1. The van der Waals surface area contributed by atoms with Gasteiger partial charge in [0, 0.05) is 6.54 Å². The summed E-state index contributed by atoms with van der Waals surface area (Å²) < 4.78 is 1.28. The second kappa shape index (κ2) is 10.4. The number of amides is 1. The third-order valence-electron chi connectivity index (χ3n) is 5.40. The maximum Gasteiger partial charge on any atom is 0.330 e. The third kappa shape index (κ3) is 5.07. The van der Waals surface area contributed by atoms with Crippen LogP contribution in [0, 0.1) is 0 Å². The highest BCUT2D eigenvalue weighted by molar-refractivity contribution is 7.99. The zero-order valence-electron chi connectivity index (χ0n) is 18.8. The summed E-state index contributed by atoms with van der Waals surface area (Å²) in [6.07, 6.45) is 1.50. The number of nitrogens with two attached hydrogens (primary N) is 1. The molecule has 0 unspecified atom stereocenters. The van der Waals surface area contributed by atoms with Gasteiger partial charge in [0.2, 0.25) is 5.91 Å². The molecular weight excluding hydrogens is 452 g/mol. The van der Waals surface area contributed by atoms with Crippen LogP contribution in [0.25, 0.3) is 11.0 Å². The molecule has 0 atom stereocenters. The average Bonchev–Trinajstić information content (AvgIpc) is 3.26. The molecule has 0 saturated heterocycles. The summed E-state index contributed by atoms with van der Waals surface area (Å²) in [5.41, 5.74) is 7.58. The van der Waals surface area contributed by atoms with Gasteiger partial charge in [-0.25, -0.2) is 9.78 Å². The van der Waals surface area contributed by atoms with Crippen molar-refractivity contribution in [2.24, 2.45) is 0 Å². The van der Waals surface area contributed by atoms with Gasteiger partial charge >= 0.3 is 5.69 Å². The molecule has 34 heavy (non-hydrogen) atoms. The molecule has 4 N–H and O–H groups in total. The van der Waals surface area contributed by atoms with Crippen molar-refractivity contribution in [1.82, 2.24) is 19.5 Å². The molecule has 1 amide bonds. The Labute approximate surface area is 200 Å². The van der Waals surface area contributed by atoms with E-state index in [-0.39, 0.29) is 29.7 Å². The monoisotopic (exact) mass is 478 g/mol. The van der Waals surface area contributed by atoms with Gasteiger partial charge in [0.15, 0.2) is 10.8 Å². The molecule has 0 radical (unpaired) electrons. The summed E-state index contributed by atoms with van der Waals surface area (Å²) in [6.45, 7) is 2.49. The van der Waals surface area contributed by atoms with Gasteiger partial charge in [0.1, 0.15) is 5.82 Å². The molecule has 10 heteroatoms. The number of nitrogens with one attached hydrogen (secondary N) is 2. The van der Waals surface area contributed by atoms with Gasteiger partial charge in [-0.3, -0.25) is 19.1 Å². The lowest BCUT2D eigenvalue weighted by molar-refractivity contribution is -0.116. The van der Waals surface area contributed by atoms with Crippen LogP contribution >= 0.6 is 11.8 Å². The Morgan fingerprint density at radius 1 is 1.09 bits per heavy atom. The molecule has 4 aromatic rings. The first kappa shape index (κ1) is 23.4. The first-order chi connectivity index (χ1) is 16.5. The number of para-hydroxylation sites is 2. The van der Waals surface area contributed by atoms with Crippen LogP contribution in [-0.2, 0) is 11.3 Å². The number of rotatable bonds is 9. The van der Waals surface area contributed by atoms with Crippen molar-refractivity contribution in [2.75, 3.05) is 22.9 Å². The van der Waals surface area contributed by atoms with Crippen LogP contribution in [0.2, 0.25) is 0 Å². The number of carbonyl (C=O) groups excluding carboxylic acids is 1. The molecule has 9 nitrogen and oxygen atoms in total. The number of nitrogens with zero attached hydrogens (tertiary/aromatic N) is 3. The summed E-state index contributed by atoms with van der Waals surface area (Å²) in [4.78, 5) is 50.0. The average molecular weight is 479 g/mol. The van der Waals surface area contributed by atoms with Crippen molar-refractivity contribution in [3.63, 3.8) is 0 Å². The SMILES string of the molecule is CCCCN(C(=O)CSc1nc2ccccc2[nH]1)c1c(N)n(Cc2ccccc2)c(=O)[nH]c1=O. The first-order valence-electron chi connectivity index (χ1n) is 11.0. The van der Waals surface area contributed by atoms with E-state index in [0.29, 0.717) is 18.1 Å². The summed E-state index contributed by atoms with van der Waals surface area (Å²) in [7, 11) is 0. The van der Waals surface area contributed by atoms with Crippen LogP contribution in [0.15, 0.2) is 69.3 Å². The van der Waals surface area contributed by atoms with E-state index in [2.05, 4.69) is 15.0 Å². The molecule has 0 bridgehead atoms. The minimum atomic E-state index is -0.676. The van der Waals surface area contributed by atoms with Crippen LogP contribution in [0.1, 0.15) is 25.3 Å². The Kier molecular flexibility index (Phi) is 7.17. The van der Waals surface area contributed by atoms with Gasteiger partial charge < -0.3 is 15.6 Å². The lowest BCUT2D eigenvalue weighted by atomic mass is 10.2. The second-order valence-electron chi connectivity index (χ2n) is 7.81. The van der Waals surface area contributed by atoms with E-state index < -0.39 is 11.2 Å². The fraction of sp³-hybridized carbons (Fsp3) is 0.250. The van der Waals surface area contributed by atoms with Crippen LogP contribution in [-0.4, -0.2) is 37.7 Å². The molecular formula is C24H26N6O3S. The van der Waals surface area contributed by atoms with E-state index in [1.54, 1.807) is 0 Å². The number of benzene rings is 2. The van der Waals surface area contributed by atoms with Crippen molar-refractivity contribution in [3.05, 3.63) is 81.0 Å². The first-order valence-corrected chi connectivity index (χ1v) is 12.0. The Balaban J connectivity index is 1.63. The molecule has 2 heterocycles. The highest BCUT2D eigenvalue weighted by atomic mass is 32.2. The van der Waals surface area contributed by atoms with Gasteiger partial charge in [-0.05, 0) is 24.1 Å². The molecule has 0 aliphatic rings. The van der Waals surface area contributed by atoms with Crippen LogP contribution in [0.3, 0.4) is 0 Å². The van der Waals surface area contributed by atoms with E-state index in [9.17, 15) is 14.4 Å². The molecule has 0 fully saturated rings. The normalized spacial score (nSPS) is 11.1. The zero-order chi connectivity index (χ0) is 24.1. The quantitative estimate of drug-likeness (QED) is 0.317. The second-order valence-corrected chi connectivity index (χ2v) is 8.78. The Hall–Kier alpha value is -3.79. The number of H-pyrrole nitrogens is 2. The highest BCUT2D eigenvalue weighted by Crippen LogP contribution is 2.23. The van der Waals surface area contributed by atoms with Gasteiger partial charge in [-0.2, -0.15) is 0 Å². The zero-order valence-corrected chi connectivity index (χ0v) is 19.6. The number of anilines is 2. The van der Waals surface area contributed by atoms with Crippen LogP contribution in [0.5, 0.6) is 0 Å². The van der Waals surface area contributed by atoms with Crippen LogP contribution in [0.4, 0.5) is 11.5 Å². The van der Waals surface area contributed by atoms with Crippen molar-refractivity contribution in [1.29, 1.82) is 0 Å². The van der Waals surface area contributed by atoms with Crippen molar-refractivity contribution in [3.8, 4) is 0 Å². The Bertz CT molecular complexity index is 1380. The van der Waals surface area contributed by atoms with Gasteiger partial charge in [-0.15, -0.1) is 0 Å². The van der Waals surface area contributed by atoms with Crippen molar-refractivity contribution >= 4 is 40.2 Å². The number of thioether (sulfide) groups is 1. The molecule has 176 valence electrons. The van der Waals surface area contributed by atoms with E-state index >= 15 is 0 Å². The fourth-order valence-corrected chi connectivity index (χ4v) is 4.41. The maximum atomic E-state index is 13.3. The molecule has 0 aliphatic heterocycles. The third-order valence-corrected chi connectivity index (χ3v) is 6.26. The van der Waals surface area contributed by atoms with Gasteiger partial charge in [-0.1, -0.05) is 67.6 Å². The van der Waals surface area contributed by atoms with E-state index in [1.807, 2.05) is 61.5 Å². The number of imidazole rings is 1. The van der Waals surface area contributed by atoms with Gasteiger partial charge in [0.25, 0.3) is 5.56 Å². The van der Waals surface area contributed by atoms with Gasteiger partial charge in [0.05, 0.1) is 23.3 Å². The Morgan fingerprint density at radius 3 is 2.56 bits per heavy atom. The Morgan fingerprint density at radius 2 is 1.82 bits per heavy atom. The van der Waals surface area contributed by atoms with E-state index in [4.69, 9.17) is 5.73 Å². The molecule has 2 aromatic carbocycles. The smallest absolute Gasteiger partial charge is 0.330 e. The standard InChI is InChI=1S/C24H26N6O3S/c1-2-3-13-29(19(31)15-34-23-26-17-11-7-8-12-18(17)27-23)20-21(25)30(24(33)28-22(20)32)14-16-9-5-4-6-10-16/h4-12H,2-3,13-15,25H2,1H3,(H,26,27)(H,28,32,33). The topological polar surface area (TPSA) is 130 Å². The van der Waals surface area contributed by atoms with E-state index in [0.717, 1.165) is 23.0 Å². The largest absolute Gasteiger partial charge is 0.383 e. The fourth-order valence-electron chi connectivity index (χ4n) is 3.64. The summed E-state index contributed by atoms with van der Waals surface area (Å²) in [5.74, 6) is -0.267. The predicted octanol–water partition coefficient (Wildman–Crippen LogP) is 2.97. The summed E-state index contributed by atoms with van der Waals surface area (Å²) in [6, 6.07) is 16.9. The number of nitrogen functional groups attached to an aromatic ring is 1. The van der Waals surface area contributed by atoms with Crippen LogP contribution < -0.4 is 21.9 Å². The minimum absolute atomic E-state index is 0.000753. The minimum Gasteiger partial charge on any atom is -0.383 e. The number of carbonyl (C=O) groups is 1. The number of aromatic nitrogens is 4. The number of hydrogen-bond donors (Lipinski definition) is 3. The number of aromatic amines is 2. The molecule has 0 aliphatic carbocycles. The van der Waals surface area contributed by atoms with E-state index in [1.165, 1.54) is 21.2 Å². The molecule has 4 rings (SSSR count). The number of hydrogen-bond acceptors (Lipinski definition) is 6. The van der Waals surface area contributed by atoms with Crippen molar-refractivity contribution < 1.29 is 4.79 Å². The van der Waals surface area contributed by atoms with Crippen molar-refractivity contribution in [2.45, 2.75) is 31.5 Å². The molecule has 0 saturated carbocycles.